The molecule has 0 bridgehead atoms. The van der Waals surface area contributed by atoms with Crippen LogP contribution in [0.3, 0.4) is 0 Å². The molecule has 0 heterocycles. The van der Waals surface area contributed by atoms with Crippen LogP contribution in [0.1, 0.15) is 104 Å². The van der Waals surface area contributed by atoms with Crippen molar-refractivity contribution in [2.45, 2.75) is 130 Å². The Bertz CT molecular complexity index is 1800. The predicted octanol–water partition coefficient (Wildman–Crippen LogP) is 5.67. The first-order chi connectivity index (χ1) is 36.7. The third-order valence-electron chi connectivity index (χ3n) is 11.3. The minimum atomic E-state index is -1.79. The molecule has 0 aliphatic carbocycles. The summed E-state index contributed by atoms with van der Waals surface area (Å²) in [5.41, 5.74) is -1.52. The lowest BCUT2D eigenvalue weighted by atomic mass is 9.84. The van der Waals surface area contributed by atoms with Gasteiger partial charge in [0.25, 0.3) is 0 Å². The second-order valence-electron chi connectivity index (χ2n) is 23.2. The molecule has 3 amide bonds. The van der Waals surface area contributed by atoms with Gasteiger partial charge in [-0.3, -0.25) is 43.2 Å². The van der Waals surface area contributed by atoms with Crippen molar-refractivity contribution in [3.8, 4) is 0 Å². The molecule has 0 aromatic heterocycles. The van der Waals surface area contributed by atoms with E-state index in [1.54, 1.807) is 0 Å². The number of carbonyl (C=O) groups excluding carboxylic acids is 9. The topological polar surface area (TPSA) is 308 Å². The van der Waals surface area contributed by atoms with Gasteiger partial charge in [0.05, 0.1) is 52.9 Å². The third-order valence-corrected chi connectivity index (χ3v) is 13.3. The van der Waals surface area contributed by atoms with Gasteiger partial charge < -0.3 is 69.1 Å². The SMILES string of the molecule is CC(C)(Br)C(=O)OCC(C)(COC(=O)C(C)(C)Br)C(=O)NCC(CNC(=O)C(C)(COC(=O)C(C)(C)Br)COC(=O)C(C)(C)Br)(CNC(=O)C(C)(COC(=O)C(C)(C)Br)COC(=O)C(C)(C)Br)COCCOCCOCCOCCN. The van der Waals surface area contributed by atoms with Crippen molar-refractivity contribution >= 4 is 149 Å². The summed E-state index contributed by atoms with van der Waals surface area (Å²) in [7, 11) is 0. The Labute approximate surface area is 527 Å². The van der Waals surface area contributed by atoms with Crippen LogP contribution in [-0.4, -0.2) is 198 Å². The molecule has 0 saturated heterocycles. The monoisotopic (exact) mass is 1540 g/mol. The minimum absolute atomic E-state index is 0.0160. The Morgan fingerprint density at radius 3 is 0.679 bits per heavy atom. The van der Waals surface area contributed by atoms with Crippen molar-refractivity contribution in [3.63, 3.8) is 0 Å². The Morgan fingerprint density at radius 1 is 0.309 bits per heavy atom. The number of halogens is 6. The van der Waals surface area contributed by atoms with Crippen LogP contribution in [-0.2, 0) is 90.5 Å². The fourth-order valence-corrected chi connectivity index (χ4v) is 6.40. The zero-order valence-electron chi connectivity index (χ0n) is 49.3. The highest BCUT2D eigenvalue weighted by atomic mass is 79.9. The van der Waals surface area contributed by atoms with Gasteiger partial charge in [-0.05, 0) is 104 Å². The van der Waals surface area contributed by atoms with Crippen molar-refractivity contribution < 1.29 is 90.5 Å². The molecule has 5 N–H and O–H groups in total. The highest BCUT2D eigenvalue weighted by Gasteiger charge is 2.46. The molecule has 0 aliphatic heterocycles. The maximum absolute atomic E-state index is 14.7. The first-order valence-electron chi connectivity index (χ1n) is 25.7. The van der Waals surface area contributed by atoms with Gasteiger partial charge in [0.15, 0.2) is 0 Å². The molecule has 0 spiro atoms. The van der Waals surface area contributed by atoms with E-state index in [1.807, 2.05) is 0 Å². The second kappa shape index (κ2) is 34.3. The number of hydrogen-bond acceptors (Lipinski definition) is 20. The van der Waals surface area contributed by atoms with Gasteiger partial charge in [0, 0.05) is 31.6 Å². The number of esters is 6. The third kappa shape index (κ3) is 30.7. The van der Waals surface area contributed by atoms with Crippen molar-refractivity contribution in [1.29, 1.82) is 0 Å². The van der Waals surface area contributed by atoms with E-state index in [9.17, 15) is 43.2 Å². The lowest BCUT2D eigenvalue weighted by Gasteiger charge is -2.38. The Hall–Kier alpha value is -2.09. The standard InChI is InChI=1S/C52H86Br6N4O19/c1-43(2,53)37(66)76-27-49(13,28-77-38(67)44(3,4)54)34(63)60-24-52(33-75-23-22-74-21-20-73-19-18-72-17-16-59,25-61-35(64)50(14,29-78-39(68)45(5,6)55)30-79-40(69)46(7,8)56)26-62-36(65)51(15,31-80-41(70)47(9,10)57)32-81-42(71)48(11,12)58/h16-33,59H2,1-15H3,(H,60,63)(H,61,64)(H,62,65). The molecule has 23 nitrogen and oxygen atoms in total. The van der Waals surface area contributed by atoms with Gasteiger partial charge in [-0.25, -0.2) is 0 Å². The lowest BCUT2D eigenvalue weighted by Crippen LogP contribution is -2.59. The Kier molecular flexibility index (Phi) is 33.4. The lowest BCUT2D eigenvalue weighted by molar-refractivity contribution is -0.161. The largest absolute Gasteiger partial charge is 0.463 e. The first kappa shape index (κ1) is 78.9. The number of nitrogens with one attached hydrogen (secondary N) is 3. The van der Waals surface area contributed by atoms with E-state index in [2.05, 4.69) is 112 Å². The van der Waals surface area contributed by atoms with Crippen LogP contribution in [0.2, 0.25) is 0 Å². The molecule has 0 aromatic carbocycles. The van der Waals surface area contributed by atoms with Gasteiger partial charge in [0.2, 0.25) is 17.7 Å². The van der Waals surface area contributed by atoms with E-state index in [0.29, 0.717) is 26.4 Å². The van der Waals surface area contributed by atoms with E-state index in [0.717, 1.165) is 0 Å². The van der Waals surface area contributed by atoms with Crippen molar-refractivity contribution in [2.75, 3.05) is 119 Å². The summed E-state index contributed by atoms with van der Waals surface area (Å²) in [5.74, 6) is -6.94. The van der Waals surface area contributed by atoms with Crippen molar-refractivity contribution in [3.05, 3.63) is 0 Å². The summed E-state index contributed by atoms with van der Waals surface area (Å²) in [4.78, 5) is 123. The maximum atomic E-state index is 14.7. The van der Waals surface area contributed by atoms with E-state index in [4.69, 9.17) is 53.1 Å². The molecule has 0 fully saturated rings. The summed E-state index contributed by atoms with van der Waals surface area (Å²) in [5, 5.41) is 8.53. The van der Waals surface area contributed by atoms with Crippen LogP contribution in [0.25, 0.3) is 0 Å². The van der Waals surface area contributed by atoms with Crippen LogP contribution in [0.15, 0.2) is 0 Å². The van der Waals surface area contributed by atoms with Gasteiger partial charge >= 0.3 is 35.8 Å². The van der Waals surface area contributed by atoms with Gasteiger partial charge in [0.1, 0.15) is 81.8 Å². The number of carbonyl (C=O) groups is 9. The van der Waals surface area contributed by atoms with Crippen molar-refractivity contribution in [2.24, 2.45) is 27.4 Å². The molecular formula is C52H86Br6N4O19. The van der Waals surface area contributed by atoms with Crippen LogP contribution in [0, 0.1) is 21.7 Å². The zero-order valence-corrected chi connectivity index (χ0v) is 58.8. The number of rotatable bonds is 40. The fourth-order valence-electron chi connectivity index (χ4n) is 5.71. The molecule has 81 heavy (non-hydrogen) atoms. The normalized spacial score (nSPS) is 13.1. The van der Waals surface area contributed by atoms with E-state index in [-0.39, 0.29) is 33.0 Å². The number of amides is 3. The molecule has 0 radical (unpaired) electrons. The zero-order chi connectivity index (χ0) is 63.1. The average Bonchev–Trinajstić information content (AvgIpc) is 3.34. The summed E-state index contributed by atoms with van der Waals surface area (Å²) < 4.78 is 49.3. The molecule has 0 unspecified atom stereocenters. The first-order valence-corrected chi connectivity index (χ1v) is 30.5. The summed E-state index contributed by atoms with van der Waals surface area (Å²) in [6, 6.07) is 0. The second-order valence-corrected chi connectivity index (χ2v) is 35.1. The van der Waals surface area contributed by atoms with E-state index in [1.165, 1.54) is 104 Å². The molecule has 470 valence electrons. The van der Waals surface area contributed by atoms with Crippen LogP contribution >= 0.6 is 95.6 Å². The van der Waals surface area contributed by atoms with E-state index >= 15 is 0 Å². The maximum Gasteiger partial charge on any atom is 0.322 e. The molecule has 0 saturated carbocycles. The molecular weight excluding hydrogens is 1460 g/mol. The van der Waals surface area contributed by atoms with Crippen LogP contribution in [0.5, 0.6) is 0 Å². The van der Waals surface area contributed by atoms with Crippen molar-refractivity contribution in [1.82, 2.24) is 16.0 Å². The number of nitrogens with two attached hydrogens (primary N) is 1. The molecule has 29 heteroatoms. The van der Waals surface area contributed by atoms with Crippen LogP contribution < -0.4 is 21.7 Å². The molecule has 0 aromatic rings. The predicted molar refractivity (Wildman–Crippen MR) is 322 cm³/mol. The van der Waals surface area contributed by atoms with Gasteiger partial charge in [-0.1, -0.05) is 95.6 Å². The fraction of sp³-hybridized carbons (Fsp3) is 0.827. The highest BCUT2D eigenvalue weighted by molar-refractivity contribution is 9.11. The number of ether oxygens (including phenoxy) is 10. The summed E-state index contributed by atoms with van der Waals surface area (Å²) in [6.45, 7) is 18.9. The van der Waals surface area contributed by atoms with Gasteiger partial charge in [-0.2, -0.15) is 0 Å². The molecule has 0 aliphatic rings. The smallest absolute Gasteiger partial charge is 0.322 e. The van der Waals surface area contributed by atoms with Crippen LogP contribution in [0.4, 0.5) is 0 Å². The van der Waals surface area contributed by atoms with E-state index < -0.39 is 160 Å². The summed E-state index contributed by atoms with van der Waals surface area (Å²) in [6.07, 6.45) is 0. The quantitative estimate of drug-likeness (QED) is 0.0249. The molecule has 0 rings (SSSR count). The average molecular weight is 1550 g/mol. The minimum Gasteiger partial charge on any atom is -0.463 e. The Balaban J connectivity index is 7.92. The van der Waals surface area contributed by atoms with Gasteiger partial charge in [-0.15, -0.1) is 0 Å². The highest BCUT2D eigenvalue weighted by Crippen LogP contribution is 2.30. The molecule has 0 atom stereocenters. The summed E-state index contributed by atoms with van der Waals surface area (Å²) >= 11 is 19.6. The number of hydrogen-bond donors (Lipinski definition) is 4. The number of alkyl halides is 6. The Morgan fingerprint density at radius 2 is 0.494 bits per heavy atom.